The highest BCUT2D eigenvalue weighted by atomic mass is 16.5. The summed E-state index contributed by atoms with van der Waals surface area (Å²) in [5.41, 5.74) is 0.413. The van der Waals surface area contributed by atoms with Gasteiger partial charge in [0, 0.05) is 12.3 Å². The summed E-state index contributed by atoms with van der Waals surface area (Å²) in [6, 6.07) is 1.06. The third-order valence-electron chi connectivity index (χ3n) is 2.86. The Bertz CT molecular complexity index is 676. The van der Waals surface area contributed by atoms with Crippen LogP contribution in [-0.4, -0.2) is 44.2 Å². The molecule has 3 heterocycles. The van der Waals surface area contributed by atoms with E-state index in [0.717, 1.165) is 6.20 Å². The fourth-order valence-electron chi connectivity index (χ4n) is 1.94. The largest absolute Gasteiger partial charge is 0.493 e. The van der Waals surface area contributed by atoms with Crippen molar-refractivity contribution in [3.05, 3.63) is 30.2 Å². The minimum absolute atomic E-state index is 0.0977. The third-order valence-corrected chi connectivity index (χ3v) is 2.86. The number of ether oxygens (including phenoxy) is 1. The standard InChI is InChI=1S/C12H10N4O4/c17-10-7(5-14-12(19)15-10)11(18)16-3-4-20-9-1-2-13-6-8(9)16/h1-2,5-6H,3-4H2,(H2,14,15,17,19). The van der Waals surface area contributed by atoms with Crippen LogP contribution in [0.1, 0.15) is 10.4 Å². The van der Waals surface area contributed by atoms with Crippen LogP contribution in [0.15, 0.2) is 24.7 Å². The molecule has 1 aliphatic heterocycles. The van der Waals surface area contributed by atoms with E-state index in [1.54, 1.807) is 12.3 Å². The first kappa shape index (κ1) is 12.2. The van der Waals surface area contributed by atoms with Crippen LogP contribution in [0.4, 0.5) is 5.69 Å². The molecule has 0 atom stereocenters. The summed E-state index contributed by atoms with van der Waals surface area (Å²) in [6.45, 7) is 0.653. The predicted molar refractivity (Wildman–Crippen MR) is 66.8 cm³/mol. The monoisotopic (exact) mass is 274 g/mol. The van der Waals surface area contributed by atoms with Crippen molar-refractivity contribution in [1.82, 2.24) is 15.0 Å². The molecule has 0 radical (unpaired) electrons. The van der Waals surface area contributed by atoms with Gasteiger partial charge in [-0.2, -0.15) is 4.98 Å². The van der Waals surface area contributed by atoms with Crippen LogP contribution in [-0.2, 0) is 0 Å². The zero-order chi connectivity index (χ0) is 14.1. The molecule has 8 heteroatoms. The van der Waals surface area contributed by atoms with Crippen LogP contribution in [0.25, 0.3) is 0 Å². The Morgan fingerprint density at radius 2 is 2.20 bits per heavy atom. The molecule has 0 aliphatic carbocycles. The fraction of sp³-hybridized carbons (Fsp3) is 0.167. The zero-order valence-electron chi connectivity index (χ0n) is 10.2. The summed E-state index contributed by atoms with van der Waals surface area (Å²) in [4.78, 5) is 24.6. The SMILES string of the molecule is O=C(c1cnc(O)nc1O)N1CCOc2ccncc21. The maximum Gasteiger partial charge on any atom is 0.317 e. The average molecular weight is 274 g/mol. The van der Waals surface area contributed by atoms with Gasteiger partial charge in [-0.15, -0.1) is 0 Å². The lowest BCUT2D eigenvalue weighted by Gasteiger charge is -2.28. The molecule has 102 valence electrons. The first-order valence-corrected chi connectivity index (χ1v) is 5.80. The van der Waals surface area contributed by atoms with E-state index in [1.807, 2.05) is 0 Å². The van der Waals surface area contributed by atoms with Crippen LogP contribution in [0.5, 0.6) is 17.6 Å². The lowest BCUT2D eigenvalue weighted by atomic mass is 10.2. The van der Waals surface area contributed by atoms with Crippen molar-refractivity contribution < 1.29 is 19.7 Å². The van der Waals surface area contributed by atoms with E-state index < -0.39 is 17.8 Å². The van der Waals surface area contributed by atoms with Gasteiger partial charge in [0.25, 0.3) is 5.91 Å². The van der Waals surface area contributed by atoms with Crippen molar-refractivity contribution in [2.75, 3.05) is 18.1 Å². The summed E-state index contributed by atoms with van der Waals surface area (Å²) in [5, 5.41) is 18.7. The van der Waals surface area contributed by atoms with Crippen LogP contribution in [0.2, 0.25) is 0 Å². The van der Waals surface area contributed by atoms with Gasteiger partial charge in [0.2, 0.25) is 5.88 Å². The van der Waals surface area contributed by atoms with Gasteiger partial charge < -0.3 is 14.9 Å². The first-order chi connectivity index (χ1) is 9.66. The highest BCUT2D eigenvalue weighted by Gasteiger charge is 2.27. The number of nitrogens with zero attached hydrogens (tertiary/aromatic N) is 4. The Morgan fingerprint density at radius 3 is 3.00 bits per heavy atom. The van der Waals surface area contributed by atoms with Crippen LogP contribution in [0.3, 0.4) is 0 Å². The summed E-state index contributed by atoms with van der Waals surface area (Å²) >= 11 is 0. The van der Waals surface area contributed by atoms with E-state index in [1.165, 1.54) is 11.1 Å². The molecule has 0 unspecified atom stereocenters. The molecule has 0 spiro atoms. The second kappa shape index (κ2) is 4.65. The molecule has 0 aromatic carbocycles. The Labute approximate surface area is 113 Å². The number of aromatic hydroxyl groups is 2. The Hall–Kier alpha value is -2.90. The van der Waals surface area contributed by atoms with E-state index in [2.05, 4.69) is 15.0 Å². The number of anilines is 1. The van der Waals surface area contributed by atoms with Gasteiger partial charge in [-0.25, -0.2) is 4.98 Å². The van der Waals surface area contributed by atoms with Gasteiger partial charge in [0.15, 0.2) is 0 Å². The third kappa shape index (κ3) is 1.96. The molecular weight excluding hydrogens is 264 g/mol. The van der Waals surface area contributed by atoms with E-state index in [0.29, 0.717) is 24.6 Å². The van der Waals surface area contributed by atoms with E-state index in [9.17, 15) is 9.90 Å². The normalized spacial score (nSPS) is 13.5. The van der Waals surface area contributed by atoms with Crippen molar-refractivity contribution in [2.24, 2.45) is 0 Å². The number of rotatable bonds is 1. The molecule has 0 fully saturated rings. The Morgan fingerprint density at radius 1 is 1.35 bits per heavy atom. The molecule has 20 heavy (non-hydrogen) atoms. The van der Waals surface area contributed by atoms with E-state index >= 15 is 0 Å². The summed E-state index contributed by atoms with van der Waals surface area (Å²) in [5.74, 6) is -0.515. The summed E-state index contributed by atoms with van der Waals surface area (Å²) < 4.78 is 5.42. The number of hydrogen-bond acceptors (Lipinski definition) is 7. The fourth-order valence-corrected chi connectivity index (χ4v) is 1.94. The zero-order valence-corrected chi connectivity index (χ0v) is 10.2. The van der Waals surface area contributed by atoms with Crippen molar-refractivity contribution in [3.63, 3.8) is 0 Å². The smallest absolute Gasteiger partial charge is 0.317 e. The van der Waals surface area contributed by atoms with Crippen molar-refractivity contribution in [1.29, 1.82) is 0 Å². The quantitative estimate of drug-likeness (QED) is 0.770. The van der Waals surface area contributed by atoms with E-state index in [4.69, 9.17) is 9.84 Å². The van der Waals surface area contributed by atoms with Crippen LogP contribution >= 0.6 is 0 Å². The molecule has 0 saturated heterocycles. The molecule has 0 bridgehead atoms. The number of carbonyl (C=O) groups excluding carboxylic acids is 1. The maximum atomic E-state index is 12.4. The summed E-state index contributed by atoms with van der Waals surface area (Å²) in [6.07, 6.45) is 4.14. The molecule has 2 aromatic rings. The lowest BCUT2D eigenvalue weighted by Crippen LogP contribution is -2.38. The second-order valence-corrected chi connectivity index (χ2v) is 4.06. The van der Waals surface area contributed by atoms with Gasteiger partial charge in [0.1, 0.15) is 23.6 Å². The molecule has 0 saturated carbocycles. The average Bonchev–Trinajstić information content (AvgIpc) is 2.46. The number of amides is 1. The maximum absolute atomic E-state index is 12.4. The van der Waals surface area contributed by atoms with Crippen molar-refractivity contribution >= 4 is 11.6 Å². The van der Waals surface area contributed by atoms with Crippen molar-refractivity contribution in [2.45, 2.75) is 0 Å². The number of fused-ring (bicyclic) bond motifs is 1. The molecular formula is C12H10N4O4. The van der Waals surface area contributed by atoms with Gasteiger partial charge in [-0.3, -0.25) is 14.7 Å². The molecule has 1 aliphatic rings. The topological polar surface area (TPSA) is 109 Å². The molecule has 8 nitrogen and oxygen atoms in total. The van der Waals surface area contributed by atoms with Gasteiger partial charge in [0.05, 0.1) is 18.9 Å². The molecule has 2 aromatic heterocycles. The van der Waals surface area contributed by atoms with Crippen molar-refractivity contribution in [3.8, 4) is 17.6 Å². The number of aromatic nitrogens is 3. The molecule has 1 amide bonds. The minimum Gasteiger partial charge on any atom is -0.493 e. The Balaban J connectivity index is 2.00. The molecule has 2 N–H and O–H groups in total. The Kier molecular flexibility index (Phi) is 2.82. The number of carbonyl (C=O) groups is 1. The van der Waals surface area contributed by atoms with E-state index in [-0.39, 0.29) is 5.56 Å². The lowest BCUT2D eigenvalue weighted by molar-refractivity contribution is 0.0972. The summed E-state index contributed by atoms with van der Waals surface area (Å²) in [7, 11) is 0. The van der Waals surface area contributed by atoms with Crippen LogP contribution in [0, 0.1) is 0 Å². The second-order valence-electron chi connectivity index (χ2n) is 4.06. The van der Waals surface area contributed by atoms with Gasteiger partial charge >= 0.3 is 6.01 Å². The van der Waals surface area contributed by atoms with Gasteiger partial charge in [-0.05, 0) is 0 Å². The minimum atomic E-state index is -0.594. The predicted octanol–water partition coefficient (Wildman–Crippen LogP) is 0.322. The first-order valence-electron chi connectivity index (χ1n) is 5.80. The molecule has 3 rings (SSSR count). The number of pyridine rings is 1. The van der Waals surface area contributed by atoms with Crippen LogP contribution < -0.4 is 9.64 Å². The highest BCUT2D eigenvalue weighted by Crippen LogP contribution is 2.32. The number of hydrogen-bond donors (Lipinski definition) is 2. The van der Waals surface area contributed by atoms with Gasteiger partial charge in [-0.1, -0.05) is 0 Å². The highest BCUT2D eigenvalue weighted by molar-refractivity contribution is 6.08.